The molecule has 0 radical (unpaired) electrons. The minimum absolute atomic E-state index is 0.153. The molecule has 1 aromatic rings. The lowest BCUT2D eigenvalue weighted by atomic mass is 10.2. The van der Waals surface area contributed by atoms with E-state index in [1.807, 2.05) is 19.9 Å². The van der Waals surface area contributed by atoms with Crippen LogP contribution in [0.25, 0.3) is 0 Å². The Hall–Kier alpha value is -1.40. The SMILES string of the molecule is Cc1cc(NC(C)CCO)nc(NN)n1. The number of rotatable bonds is 5. The van der Waals surface area contributed by atoms with Crippen molar-refractivity contribution in [3.63, 3.8) is 0 Å². The van der Waals surface area contributed by atoms with Crippen LogP contribution in [0.3, 0.4) is 0 Å². The Bertz CT molecular complexity index is 317. The summed E-state index contributed by atoms with van der Waals surface area (Å²) < 4.78 is 0. The van der Waals surface area contributed by atoms with Gasteiger partial charge in [-0.25, -0.2) is 10.8 Å². The molecule has 0 fully saturated rings. The van der Waals surface area contributed by atoms with Crippen LogP contribution >= 0.6 is 0 Å². The molecule has 84 valence electrons. The number of aliphatic hydroxyl groups is 1. The summed E-state index contributed by atoms with van der Waals surface area (Å²) in [5, 5.41) is 11.9. The van der Waals surface area contributed by atoms with Crippen molar-refractivity contribution in [2.75, 3.05) is 17.3 Å². The van der Waals surface area contributed by atoms with Crippen molar-refractivity contribution in [2.24, 2.45) is 5.84 Å². The fourth-order valence-electron chi connectivity index (χ4n) is 1.23. The monoisotopic (exact) mass is 211 g/mol. The number of nitrogen functional groups attached to an aromatic ring is 1. The number of hydrogen-bond acceptors (Lipinski definition) is 6. The van der Waals surface area contributed by atoms with E-state index in [1.54, 1.807) is 0 Å². The summed E-state index contributed by atoms with van der Waals surface area (Å²) in [6.45, 7) is 3.99. The average molecular weight is 211 g/mol. The zero-order valence-electron chi connectivity index (χ0n) is 8.99. The summed E-state index contributed by atoms with van der Waals surface area (Å²) in [4.78, 5) is 8.20. The third-order valence-corrected chi connectivity index (χ3v) is 1.94. The molecule has 0 spiro atoms. The number of anilines is 2. The van der Waals surface area contributed by atoms with E-state index in [-0.39, 0.29) is 12.6 Å². The number of nitrogens with two attached hydrogens (primary N) is 1. The quantitative estimate of drug-likeness (QED) is 0.412. The summed E-state index contributed by atoms with van der Waals surface area (Å²) >= 11 is 0. The van der Waals surface area contributed by atoms with Crippen molar-refractivity contribution >= 4 is 11.8 Å². The number of aliphatic hydroxyl groups excluding tert-OH is 1. The van der Waals surface area contributed by atoms with Crippen molar-refractivity contribution in [2.45, 2.75) is 26.3 Å². The zero-order valence-corrected chi connectivity index (χ0v) is 8.99. The smallest absolute Gasteiger partial charge is 0.239 e. The van der Waals surface area contributed by atoms with E-state index in [0.717, 1.165) is 5.69 Å². The van der Waals surface area contributed by atoms with Crippen molar-refractivity contribution in [3.8, 4) is 0 Å². The summed E-state index contributed by atoms with van der Waals surface area (Å²) in [5.41, 5.74) is 3.23. The fraction of sp³-hybridized carbons (Fsp3) is 0.556. The third kappa shape index (κ3) is 3.69. The Labute approximate surface area is 88.9 Å². The Morgan fingerprint density at radius 3 is 2.87 bits per heavy atom. The highest BCUT2D eigenvalue weighted by Gasteiger charge is 2.04. The lowest BCUT2D eigenvalue weighted by Gasteiger charge is -2.13. The normalized spacial score (nSPS) is 12.3. The zero-order chi connectivity index (χ0) is 11.3. The maximum atomic E-state index is 8.76. The van der Waals surface area contributed by atoms with Crippen LogP contribution in [0.4, 0.5) is 11.8 Å². The van der Waals surface area contributed by atoms with E-state index in [0.29, 0.717) is 18.2 Å². The van der Waals surface area contributed by atoms with E-state index in [1.165, 1.54) is 0 Å². The van der Waals surface area contributed by atoms with Gasteiger partial charge in [0.2, 0.25) is 5.95 Å². The van der Waals surface area contributed by atoms with E-state index >= 15 is 0 Å². The second-order valence-corrected chi connectivity index (χ2v) is 3.42. The molecule has 1 aromatic heterocycles. The first-order valence-electron chi connectivity index (χ1n) is 4.85. The standard InChI is InChI=1S/C9H17N5O/c1-6(3-4-15)11-8-5-7(2)12-9(13-8)14-10/h5-6,15H,3-4,10H2,1-2H3,(H2,11,12,13,14). The predicted octanol–water partition coefficient (Wildman–Crippen LogP) is 0.253. The molecule has 0 amide bonds. The van der Waals surface area contributed by atoms with E-state index in [9.17, 15) is 0 Å². The van der Waals surface area contributed by atoms with Crippen LogP contribution in [0.2, 0.25) is 0 Å². The largest absolute Gasteiger partial charge is 0.396 e. The Morgan fingerprint density at radius 1 is 1.53 bits per heavy atom. The molecule has 0 aliphatic heterocycles. The van der Waals surface area contributed by atoms with Crippen LogP contribution in [0, 0.1) is 6.92 Å². The summed E-state index contributed by atoms with van der Waals surface area (Å²) in [5.74, 6) is 6.32. The summed E-state index contributed by atoms with van der Waals surface area (Å²) in [7, 11) is 0. The van der Waals surface area contributed by atoms with Gasteiger partial charge < -0.3 is 10.4 Å². The third-order valence-electron chi connectivity index (χ3n) is 1.94. The molecule has 5 N–H and O–H groups in total. The van der Waals surface area contributed by atoms with Gasteiger partial charge >= 0.3 is 0 Å². The molecule has 0 aliphatic rings. The predicted molar refractivity (Wildman–Crippen MR) is 59.4 cm³/mol. The molecule has 1 unspecified atom stereocenters. The molecule has 1 rings (SSSR count). The van der Waals surface area contributed by atoms with Gasteiger partial charge in [0, 0.05) is 24.4 Å². The van der Waals surface area contributed by atoms with Gasteiger partial charge in [-0.15, -0.1) is 0 Å². The van der Waals surface area contributed by atoms with E-state index in [4.69, 9.17) is 10.9 Å². The molecule has 1 heterocycles. The first-order chi connectivity index (χ1) is 7.15. The minimum Gasteiger partial charge on any atom is -0.396 e. The fourth-order valence-corrected chi connectivity index (χ4v) is 1.23. The Balaban J connectivity index is 2.71. The van der Waals surface area contributed by atoms with Crippen LogP contribution < -0.4 is 16.6 Å². The second kappa shape index (κ2) is 5.47. The van der Waals surface area contributed by atoms with E-state index in [2.05, 4.69) is 20.7 Å². The molecule has 0 aliphatic carbocycles. The second-order valence-electron chi connectivity index (χ2n) is 3.42. The molecule has 1 atom stereocenters. The number of nitrogens with one attached hydrogen (secondary N) is 2. The molecule has 0 saturated carbocycles. The molecule has 0 saturated heterocycles. The molecular weight excluding hydrogens is 194 g/mol. The average Bonchev–Trinajstić information content (AvgIpc) is 2.17. The summed E-state index contributed by atoms with van der Waals surface area (Å²) in [6, 6.07) is 1.99. The molecular formula is C9H17N5O. The van der Waals surface area contributed by atoms with Crippen LogP contribution in [0.15, 0.2) is 6.07 Å². The lowest BCUT2D eigenvalue weighted by molar-refractivity contribution is 0.282. The molecule has 0 aromatic carbocycles. The highest BCUT2D eigenvalue weighted by atomic mass is 16.3. The van der Waals surface area contributed by atoms with Gasteiger partial charge in [-0.1, -0.05) is 0 Å². The highest BCUT2D eigenvalue weighted by Crippen LogP contribution is 2.10. The van der Waals surface area contributed by atoms with Crippen LogP contribution in [-0.2, 0) is 0 Å². The van der Waals surface area contributed by atoms with Crippen molar-refractivity contribution in [1.82, 2.24) is 9.97 Å². The van der Waals surface area contributed by atoms with Gasteiger partial charge in [0.25, 0.3) is 0 Å². The number of aromatic nitrogens is 2. The van der Waals surface area contributed by atoms with Crippen molar-refractivity contribution in [3.05, 3.63) is 11.8 Å². The first-order valence-corrected chi connectivity index (χ1v) is 4.85. The molecule has 15 heavy (non-hydrogen) atoms. The highest BCUT2D eigenvalue weighted by molar-refractivity contribution is 5.42. The topological polar surface area (TPSA) is 96.1 Å². The molecule has 6 heteroatoms. The van der Waals surface area contributed by atoms with Crippen molar-refractivity contribution in [1.29, 1.82) is 0 Å². The van der Waals surface area contributed by atoms with Crippen LogP contribution in [0.5, 0.6) is 0 Å². The lowest BCUT2D eigenvalue weighted by Crippen LogP contribution is -2.19. The summed E-state index contributed by atoms with van der Waals surface area (Å²) in [6.07, 6.45) is 0.675. The molecule has 6 nitrogen and oxygen atoms in total. The van der Waals surface area contributed by atoms with Gasteiger partial charge in [-0.05, 0) is 20.3 Å². The Kier molecular flexibility index (Phi) is 4.26. The number of hydrogen-bond donors (Lipinski definition) is 4. The van der Waals surface area contributed by atoms with Crippen molar-refractivity contribution < 1.29 is 5.11 Å². The van der Waals surface area contributed by atoms with Crippen LogP contribution in [0.1, 0.15) is 19.0 Å². The molecule has 0 bridgehead atoms. The van der Waals surface area contributed by atoms with Gasteiger partial charge in [0.15, 0.2) is 0 Å². The number of nitrogens with zero attached hydrogens (tertiary/aromatic N) is 2. The maximum absolute atomic E-state index is 8.76. The Morgan fingerprint density at radius 2 is 2.27 bits per heavy atom. The first kappa shape index (κ1) is 11.7. The van der Waals surface area contributed by atoms with Gasteiger partial charge in [0.1, 0.15) is 5.82 Å². The number of aryl methyl sites for hydroxylation is 1. The van der Waals surface area contributed by atoms with Gasteiger partial charge in [-0.2, -0.15) is 4.98 Å². The van der Waals surface area contributed by atoms with Gasteiger partial charge in [0.05, 0.1) is 0 Å². The maximum Gasteiger partial charge on any atom is 0.239 e. The van der Waals surface area contributed by atoms with Gasteiger partial charge in [-0.3, -0.25) is 5.43 Å². The van der Waals surface area contributed by atoms with Crippen LogP contribution in [-0.4, -0.2) is 27.7 Å². The minimum atomic E-state index is 0.153. The number of hydrazine groups is 1. The van der Waals surface area contributed by atoms with E-state index < -0.39 is 0 Å².